The van der Waals surface area contributed by atoms with Crippen LogP contribution < -0.4 is 5.19 Å². The zero-order chi connectivity index (χ0) is 38.2. The quantitative estimate of drug-likeness (QED) is 0.123. The molecular formula is C50H45IrN3OSi-2. The third-order valence-corrected chi connectivity index (χ3v) is 11.9. The maximum Gasteiger partial charge on any atom is 0.120 e. The minimum absolute atomic E-state index is 0. The second-order valence-corrected chi connectivity index (χ2v) is 21.4. The number of hydrogen-bond donors (Lipinski definition) is 0. The van der Waals surface area contributed by atoms with Crippen LogP contribution in [0.4, 0.5) is 0 Å². The van der Waals surface area contributed by atoms with Crippen molar-refractivity contribution in [2.75, 3.05) is 0 Å². The molecule has 0 saturated heterocycles. The van der Waals surface area contributed by atoms with Crippen molar-refractivity contribution in [2.45, 2.75) is 46.8 Å². The summed E-state index contributed by atoms with van der Waals surface area (Å²) in [5.41, 5.74) is 11.8. The molecule has 0 unspecified atom stereocenters. The smallest absolute Gasteiger partial charge is 0.120 e. The first-order valence-corrected chi connectivity index (χ1v) is 22.5. The van der Waals surface area contributed by atoms with Crippen LogP contribution in [-0.2, 0) is 26.5 Å². The van der Waals surface area contributed by atoms with Crippen molar-refractivity contribution in [3.63, 3.8) is 0 Å². The van der Waals surface area contributed by atoms with Gasteiger partial charge < -0.3 is 14.0 Å². The topological polar surface area (TPSA) is 43.9 Å². The Balaban J connectivity index is 0.000000190. The van der Waals surface area contributed by atoms with Gasteiger partial charge in [0, 0.05) is 37.4 Å². The van der Waals surface area contributed by atoms with Gasteiger partial charge in [-0.2, -0.15) is 0 Å². The zero-order valence-corrected chi connectivity index (χ0v) is 36.1. The molecule has 9 aromatic rings. The summed E-state index contributed by atoms with van der Waals surface area (Å²) in [5, 5.41) is 3.65. The summed E-state index contributed by atoms with van der Waals surface area (Å²) in [6.07, 6.45) is 3.21. The van der Waals surface area contributed by atoms with Gasteiger partial charge in [-0.05, 0) is 64.2 Å². The van der Waals surface area contributed by atoms with E-state index in [0.29, 0.717) is 0 Å². The molecule has 0 spiro atoms. The Morgan fingerprint density at radius 1 is 0.696 bits per heavy atom. The van der Waals surface area contributed by atoms with E-state index in [1.165, 1.54) is 16.3 Å². The Morgan fingerprint density at radius 2 is 1.43 bits per heavy atom. The van der Waals surface area contributed by atoms with Gasteiger partial charge in [-0.25, -0.2) is 0 Å². The summed E-state index contributed by atoms with van der Waals surface area (Å²) < 4.78 is 8.54. The monoisotopic (exact) mass is 924 g/mol. The minimum Gasteiger partial charge on any atom is -0.501 e. The number of para-hydroxylation sites is 3. The summed E-state index contributed by atoms with van der Waals surface area (Å²) in [5.74, 6) is 0.816. The molecule has 6 aromatic carbocycles. The normalized spacial score (nSPS) is 11.7. The van der Waals surface area contributed by atoms with Gasteiger partial charge in [-0.3, -0.25) is 4.98 Å². The molecule has 0 aliphatic rings. The molecule has 9 rings (SSSR count). The zero-order valence-electron chi connectivity index (χ0n) is 32.7. The van der Waals surface area contributed by atoms with Gasteiger partial charge in [-0.1, -0.05) is 136 Å². The van der Waals surface area contributed by atoms with E-state index >= 15 is 0 Å². The first-order valence-electron chi connectivity index (χ1n) is 19.0. The fourth-order valence-electron chi connectivity index (χ4n) is 7.36. The van der Waals surface area contributed by atoms with Gasteiger partial charge in [0.2, 0.25) is 0 Å². The van der Waals surface area contributed by atoms with E-state index in [-0.39, 0.29) is 25.5 Å². The first-order chi connectivity index (χ1) is 26.5. The van der Waals surface area contributed by atoms with Crippen LogP contribution >= 0.6 is 0 Å². The van der Waals surface area contributed by atoms with Crippen LogP contribution in [0.15, 0.2) is 156 Å². The molecule has 1 radical (unpaired) electrons. The average molecular weight is 924 g/mol. The molecule has 3 aromatic heterocycles. The molecule has 6 heteroatoms. The van der Waals surface area contributed by atoms with E-state index in [2.05, 4.69) is 154 Å². The third-order valence-electron chi connectivity index (χ3n) is 9.84. The molecule has 0 amide bonds. The third kappa shape index (κ3) is 8.10. The fraction of sp³-hybridized carbons (Fsp3) is 0.160. The molecule has 0 N–H and O–H groups in total. The van der Waals surface area contributed by atoms with Gasteiger partial charge in [0.25, 0.3) is 0 Å². The van der Waals surface area contributed by atoms with Crippen LogP contribution in [0.25, 0.3) is 72.4 Å². The number of nitrogens with zero attached hydrogens (tertiary/aromatic N) is 3. The Bertz CT molecular complexity index is 2760. The number of imidazole rings is 1. The van der Waals surface area contributed by atoms with E-state index in [9.17, 15) is 0 Å². The van der Waals surface area contributed by atoms with E-state index in [4.69, 9.17) is 14.4 Å². The average Bonchev–Trinajstić information content (AvgIpc) is 3.77. The van der Waals surface area contributed by atoms with Crippen LogP contribution in [0.2, 0.25) is 19.6 Å². The summed E-state index contributed by atoms with van der Waals surface area (Å²) in [6, 6.07) is 56.5. The second kappa shape index (κ2) is 16.0. The number of rotatable bonds is 6. The van der Waals surface area contributed by atoms with Crippen molar-refractivity contribution >= 4 is 46.2 Å². The second-order valence-electron chi connectivity index (χ2n) is 16.4. The Labute approximate surface area is 344 Å². The van der Waals surface area contributed by atoms with Crippen LogP contribution in [0, 0.1) is 17.5 Å². The van der Waals surface area contributed by atoms with Crippen LogP contribution in [0.1, 0.15) is 26.3 Å². The molecule has 0 saturated carbocycles. The number of hydrogen-bond acceptors (Lipinski definition) is 3. The minimum atomic E-state index is -1.37. The fourth-order valence-corrected chi connectivity index (χ4v) is 8.93. The number of benzene rings is 6. The maximum atomic E-state index is 6.33. The van der Waals surface area contributed by atoms with Gasteiger partial charge >= 0.3 is 0 Å². The van der Waals surface area contributed by atoms with E-state index in [1.54, 1.807) is 0 Å². The standard InChI is InChI=1S/C31H19N2O.C19H26NSi.Ir/c1-2-10-21(11-3-1)22-12-8-13-23(20-22)33-28-18-6-5-17-27(28)32-31(33)26-16-9-15-25-24-14-4-7-19-29(24)34-30(25)26;1-19(2,3)13-16-12-17(15-10-8-7-9-11-15)20-14-18(16)21(4,5)6;/h1-15,17-20H;7-10,12,14H,13H2,1-6H3;/q2*-1;. The Hall–Kier alpha value is -5.39. The van der Waals surface area contributed by atoms with Gasteiger partial charge in [0.15, 0.2) is 0 Å². The molecule has 281 valence electrons. The van der Waals surface area contributed by atoms with Gasteiger partial charge in [-0.15, -0.1) is 54.1 Å². The molecule has 0 atom stereocenters. The summed E-state index contributed by atoms with van der Waals surface area (Å²) in [7, 11) is -1.37. The predicted molar refractivity (Wildman–Crippen MR) is 233 cm³/mol. The summed E-state index contributed by atoms with van der Waals surface area (Å²) in [4.78, 5) is 9.76. The van der Waals surface area contributed by atoms with E-state index in [1.807, 2.05) is 54.6 Å². The van der Waals surface area contributed by atoms with Crippen molar-refractivity contribution in [3.05, 3.63) is 169 Å². The number of pyridine rings is 1. The molecule has 56 heavy (non-hydrogen) atoms. The number of fused-ring (bicyclic) bond motifs is 4. The van der Waals surface area contributed by atoms with Crippen molar-refractivity contribution in [3.8, 4) is 39.5 Å². The van der Waals surface area contributed by atoms with Gasteiger partial charge in [0.1, 0.15) is 5.58 Å². The molecule has 4 nitrogen and oxygen atoms in total. The maximum absolute atomic E-state index is 6.33. The molecular weight excluding hydrogens is 879 g/mol. The molecule has 0 bridgehead atoms. The van der Waals surface area contributed by atoms with Crippen molar-refractivity contribution in [2.24, 2.45) is 5.41 Å². The summed E-state index contributed by atoms with van der Waals surface area (Å²) >= 11 is 0. The van der Waals surface area contributed by atoms with E-state index in [0.717, 1.165) is 73.3 Å². The Morgan fingerprint density at radius 3 is 2.20 bits per heavy atom. The SMILES string of the molecule is CC(C)(C)Cc1cc(-c2[c-]cccc2)ncc1[Si](C)(C)C.[Ir].[c-]1ccc2c(oc3ccccc32)c1-c1nc2ccccc2n1-c1cccc(-c2ccccc2)c1. The molecule has 3 heterocycles. The predicted octanol–water partition coefficient (Wildman–Crippen LogP) is 12.7. The van der Waals surface area contributed by atoms with Crippen molar-refractivity contribution in [1.29, 1.82) is 0 Å². The molecule has 0 fully saturated rings. The largest absolute Gasteiger partial charge is 0.501 e. The molecule has 0 aliphatic carbocycles. The first kappa shape index (κ1) is 38.9. The van der Waals surface area contributed by atoms with Crippen LogP contribution in [0.5, 0.6) is 0 Å². The van der Waals surface area contributed by atoms with Crippen LogP contribution in [0.3, 0.4) is 0 Å². The molecule has 0 aliphatic heterocycles. The van der Waals surface area contributed by atoms with Gasteiger partial charge in [0.05, 0.1) is 30.5 Å². The van der Waals surface area contributed by atoms with E-state index < -0.39 is 8.07 Å². The number of aromatic nitrogens is 3. The van der Waals surface area contributed by atoms with Crippen LogP contribution in [-0.4, -0.2) is 22.6 Å². The van der Waals surface area contributed by atoms with Crippen molar-refractivity contribution < 1.29 is 24.5 Å². The number of furan rings is 1. The summed E-state index contributed by atoms with van der Waals surface area (Å²) in [6.45, 7) is 14.1. The van der Waals surface area contributed by atoms with Crippen molar-refractivity contribution in [1.82, 2.24) is 14.5 Å². The Kier molecular flexibility index (Phi) is 11.1.